The molecule has 122 valence electrons. The third kappa shape index (κ3) is 2.43. The summed E-state index contributed by atoms with van der Waals surface area (Å²) in [5.41, 5.74) is -0.424. The number of hydrogen-bond donors (Lipinski definition) is 1. The Hall–Kier alpha value is -3.11. The first-order valence-corrected chi connectivity index (χ1v) is 8.05. The number of carbonyl (C=O) groups is 2. The van der Waals surface area contributed by atoms with Gasteiger partial charge in [-0.25, -0.2) is 18.5 Å². The third-order valence-corrected chi connectivity index (χ3v) is 4.40. The summed E-state index contributed by atoms with van der Waals surface area (Å²) in [6, 6.07) is 8.34. The van der Waals surface area contributed by atoms with E-state index < -0.39 is 26.8 Å². The minimum atomic E-state index is -4.01. The summed E-state index contributed by atoms with van der Waals surface area (Å²) in [7, 11) is -4.01. The van der Waals surface area contributed by atoms with E-state index in [0.717, 1.165) is 23.1 Å². The van der Waals surface area contributed by atoms with E-state index in [2.05, 4.69) is 0 Å². The second-order valence-corrected chi connectivity index (χ2v) is 6.54. The van der Waals surface area contributed by atoms with Crippen LogP contribution in [0.15, 0.2) is 47.4 Å². The predicted octanol–water partition coefficient (Wildman–Crippen LogP) is 1.04. The van der Waals surface area contributed by atoms with Crippen LogP contribution < -0.4 is 10.0 Å². The molecule has 1 aliphatic heterocycles. The summed E-state index contributed by atoms with van der Waals surface area (Å²) in [6.07, 6.45) is 0. The number of carbonyl (C=O) groups excluding carboxylic acids is 2. The molecule has 2 aromatic carbocycles. The van der Waals surface area contributed by atoms with Crippen molar-refractivity contribution in [3.8, 4) is 0 Å². The molecule has 0 aliphatic carbocycles. The van der Waals surface area contributed by atoms with E-state index in [1.165, 1.54) is 24.3 Å². The average Bonchev–Trinajstić information content (AvgIpc) is 2.77. The van der Waals surface area contributed by atoms with Crippen LogP contribution in [0.2, 0.25) is 0 Å². The number of benzene rings is 2. The van der Waals surface area contributed by atoms with Gasteiger partial charge in [0.2, 0.25) is 10.0 Å². The number of nitrogens with two attached hydrogens (primary N) is 1. The molecule has 1 heterocycles. The third-order valence-electron chi connectivity index (χ3n) is 3.49. The standard InChI is InChI=1S/C14H9N3O6S/c15-24(22,23)10-3-1-2-8(6-10)16-13(18)11-5-4-9(17(20)21)7-12(11)14(16)19/h1-7H,(H2,15,22,23). The predicted molar refractivity (Wildman–Crippen MR) is 82.1 cm³/mol. The minimum Gasteiger partial charge on any atom is -0.268 e. The summed E-state index contributed by atoms with van der Waals surface area (Å²) < 4.78 is 22.8. The number of amides is 2. The summed E-state index contributed by atoms with van der Waals surface area (Å²) in [5, 5.41) is 15.9. The normalized spacial score (nSPS) is 14.0. The average molecular weight is 347 g/mol. The first-order chi connectivity index (χ1) is 11.2. The van der Waals surface area contributed by atoms with Crippen molar-refractivity contribution in [1.29, 1.82) is 0 Å². The van der Waals surface area contributed by atoms with E-state index in [-0.39, 0.29) is 27.4 Å². The Morgan fingerprint density at radius 2 is 1.67 bits per heavy atom. The van der Waals surface area contributed by atoms with Gasteiger partial charge in [-0.05, 0) is 24.3 Å². The van der Waals surface area contributed by atoms with Crippen molar-refractivity contribution in [1.82, 2.24) is 0 Å². The molecule has 3 rings (SSSR count). The van der Waals surface area contributed by atoms with Crippen LogP contribution in [0.3, 0.4) is 0 Å². The molecule has 0 atom stereocenters. The maximum Gasteiger partial charge on any atom is 0.270 e. The van der Waals surface area contributed by atoms with Gasteiger partial charge in [-0.2, -0.15) is 0 Å². The van der Waals surface area contributed by atoms with Crippen molar-refractivity contribution in [2.75, 3.05) is 4.90 Å². The van der Waals surface area contributed by atoms with Crippen LogP contribution in [0.5, 0.6) is 0 Å². The van der Waals surface area contributed by atoms with Crippen molar-refractivity contribution in [2.24, 2.45) is 5.14 Å². The molecule has 0 bridgehead atoms. The Morgan fingerprint density at radius 1 is 1.00 bits per heavy atom. The fourth-order valence-corrected chi connectivity index (χ4v) is 2.93. The number of imide groups is 1. The topological polar surface area (TPSA) is 141 Å². The lowest BCUT2D eigenvalue weighted by molar-refractivity contribution is -0.384. The van der Waals surface area contributed by atoms with Crippen LogP contribution >= 0.6 is 0 Å². The molecule has 0 unspecified atom stereocenters. The van der Waals surface area contributed by atoms with E-state index in [1.54, 1.807) is 0 Å². The molecular formula is C14H9N3O6S. The summed E-state index contributed by atoms with van der Waals surface area (Å²) >= 11 is 0. The quantitative estimate of drug-likeness (QED) is 0.499. The van der Waals surface area contributed by atoms with Crippen molar-refractivity contribution < 1.29 is 22.9 Å². The number of anilines is 1. The number of hydrogen-bond acceptors (Lipinski definition) is 6. The molecule has 2 N–H and O–H groups in total. The number of fused-ring (bicyclic) bond motifs is 1. The van der Waals surface area contributed by atoms with Gasteiger partial charge in [0.1, 0.15) is 0 Å². The number of primary sulfonamides is 1. The van der Waals surface area contributed by atoms with Gasteiger partial charge in [0, 0.05) is 12.1 Å². The van der Waals surface area contributed by atoms with Crippen LogP contribution in [0.1, 0.15) is 20.7 Å². The SMILES string of the molecule is NS(=O)(=O)c1cccc(N2C(=O)c3ccc([N+](=O)[O-])cc3C2=O)c1. The van der Waals surface area contributed by atoms with Crippen molar-refractivity contribution in [2.45, 2.75) is 4.90 Å². The number of nitro benzene ring substituents is 1. The zero-order valence-electron chi connectivity index (χ0n) is 11.9. The van der Waals surface area contributed by atoms with E-state index in [4.69, 9.17) is 5.14 Å². The zero-order chi connectivity index (χ0) is 17.6. The molecule has 0 saturated heterocycles. The maximum absolute atomic E-state index is 12.4. The number of sulfonamides is 1. The number of rotatable bonds is 3. The molecule has 1 aliphatic rings. The minimum absolute atomic E-state index is 0.00612. The summed E-state index contributed by atoms with van der Waals surface area (Å²) in [6.45, 7) is 0. The highest BCUT2D eigenvalue weighted by atomic mass is 32.2. The first-order valence-electron chi connectivity index (χ1n) is 6.50. The molecular weight excluding hydrogens is 338 g/mol. The fraction of sp³-hybridized carbons (Fsp3) is 0. The highest BCUT2D eigenvalue weighted by Gasteiger charge is 2.38. The summed E-state index contributed by atoms with van der Waals surface area (Å²) in [5.74, 6) is -1.47. The van der Waals surface area contributed by atoms with Crippen LogP contribution in [-0.4, -0.2) is 25.2 Å². The fourth-order valence-electron chi connectivity index (χ4n) is 2.38. The zero-order valence-corrected chi connectivity index (χ0v) is 12.7. The molecule has 2 amide bonds. The van der Waals surface area contributed by atoms with Crippen molar-refractivity contribution in [3.05, 3.63) is 63.7 Å². The lowest BCUT2D eigenvalue weighted by Crippen LogP contribution is -2.29. The Kier molecular flexibility index (Phi) is 3.43. The highest BCUT2D eigenvalue weighted by Crippen LogP contribution is 2.31. The molecule has 2 aromatic rings. The van der Waals surface area contributed by atoms with Gasteiger partial charge in [0.05, 0.1) is 26.6 Å². The van der Waals surface area contributed by atoms with Gasteiger partial charge in [-0.1, -0.05) is 6.07 Å². The van der Waals surface area contributed by atoms with Gasteiger partial charge >= 0.3 is 0 Å². The molecule has 0 saturated carbocycles. The molecule has 24 heavy (non-hydrogen) atoms. The number of nitrogens with zero attached hydrogens (tertiary/aromatic N) is 2. The molecule has 0 radical (unpaired) electrons. The lowest BCUT2D eigenvalue weighted by atomic mass is 10.1. The molecule has 10 heteroatoms. The monoisotopic (exact) mass is 347 g/mol. The van der Waals surface area contributed by atoms with Crippen LogP contribution in [0.4, 0.5) is 11.4 Å². The van der Waals surface area contributed by atoms with Gasteiger partial charge in [0.25, 0.3) is 17.5 Å². The molecule has 0 fully saturated rings. The lowest BCUT2D eigenvalue weighted by Gasteiger charge is -2.14. The summed E-state index contributed by atoms with van der Waals surface area (Å²) in [4.78, 5) is 35.5. The van der Waals surface area contributed by atoms with Crippen LogP contribution in [0, 0.1) is 10.1 Å². The van der Waals surface area contributed by atoms with Gasteiger partial charge < -0.3 is 0 Å². The second kappa shape index (κ2) is 5.22. The molecule has 9 nitrogen and oxygen atoms in total. The van der Waals surface area contributed by atoms with Crippen LogP contribution in [0.25, 0.3) is 0 Å². The Bertz CT molecular complexity index is 1010. The Morgan fingerprint density at radius 3 is 2.29 bits per heavy atom. The Labute approximate surface area is 135 Å². The number of nitro groups is 1. The van der Waals surface area contributed by atoms with Gasteiger partial charge in [-0.3, -0.25) is 19.7 Å². The smallest absolute Gasteiger partial charge is 0.268 e. The van der Waals surface area contributed by atoms with Crippen molar-refractivity contribution >= 4 is 33.2 Å². The largest absolute Gasteiger partial charge is 0.270 e. The van der Waals surface area contributed by atoms with Crippen molar-refractivity contribution in [3.63, 3.8) is 0 Å². The Balaban J connectivity index is 2.10. The van der Waals surface area contributed by atoms with E-state index in [1.807, 2.05) is 0 Å². The van der Waals surface area contributed by atoms with Gasteiger partial charge in [-0.15, -0.1) is 0 Å². The van der Waals surface area contributed by atoms with Gasteiger partial charge in [0.15, 0.2) is 0 Å². The number of non-ortho nitro benzene ring substituents is 1. The second-order valence-electron chi connectivity index (χ2n) is 4.98. The van der Waals surface area contributed by atoms with E-state index >= 15 is 0 Å². The first kappa shape index (κ1) is 15.8. The molecule has 0 spiro atoms. The van der Waals surface area contributed by atoms with E-state index in [0.29, 0.717) is 0 Å². The highest BCUT2D eigenvalue weighted by molar-refractivity contribution is 7.89. The van der Waals surface area contributed by atoms with E-state index in [9.17, 15) is 28.1 Å². The van der Waals surface area contributed by atoms with Crippen LogP contribution in [-0.2, 0) is 10.0 Å². The molecule has 0 aromatic heterocycles. The maximum atomic E-state index is 12.4.